The maximum absolute atomic E-state index is 14.1. The van der Waals surface area contributed by atoms with E-state index in [0.29, 0.717) is 10.0 Å². The number of rotatable bonds is 2. The molecule has 0 heterocycles. The van der Waals surface area contributed by atoms with Crippen molar-refractivity contribution < 1.29 is 9.18 Å². The zero-order valence-corrected chi connectivity index (χ0v) is 13.3. The molecule has 0 aromatic heterocycles. The predicted octanol–water partition coefficient (Wildman–Crippen LogP) is 3.16. The summed E-state index contributed by atoms with van der Waals surface area (Å²) in [5.41, 5.74) is 0.464. The second kappa shape index (κ2) is 7.72. The van der Waals surface area contributed by atoms with Gasteiger partial charge in [0.05, 0.1) is 11.3 Å². The van der Waals surface area contributed by atoms with Crippen molar-refractivity contribution >= 4 is 50.4 Å². The highest BCUT2D eigenvalue weighted by atomic mass is 79.9. The van der Waals surface area contributed by atoms with Gasteiger partial charge < -0.3 is 5.84 Å². The Morgan fingerprint density at radius 3 is 2.71 bits per heavy atom. The number of aliphatic imine (C=N–C) groups is 3. The molecule has 21 heavy (non-hydrogen) atoms. The molecule has 10 heteroatoms. The Kier molecular flexibility index (Phi) is 6.29. The minimum atomic E-state index is -0.655. The van der Waals surface area contributed by atoms with Crippen molar-refractivity contribution in [2.45, 2.75) is 6.92 Å². The lowest BCUT2D eigenvalue weighted by atomic mass is 10.1. The van der Waals surface area contributed by atoms with Gasteiger partial charge in [-0.05, 0) is 34.5 Å². The van der Waals surface area contributed by atoms with Crippen LogP contribution >= 0.6 is 27.5 Å². The normalized spacial score (nSPS) is 12.6. The number of hydrogen-bond donors (Lipinski definition) is 1. The van der Waals surface area contributed by atoms with E-state index in [9.17, 15) is 9.18 Å². The monoisotopic (exact) mass is 374 g/mol. The minimum absolute atomic E-state index is 0.0396. The Hall–Kier alpha value is -1.96. The van der Waals surface area contributed by atoms with E-state index >= 15 is 0 Å². The third-order valence-electron chi connectivity index (χ3n) is 2.36. The molecule has 0 aliphatic rings. The third kappa shape index (κ3) is 4.01. The highest BCUT2D eigenvalue weighted by Gasteiger charge is 2.18. The molecule has 0 aliphatic heterocycles. The second-order valence-corrected chi connectivity index (χ2v) is 4.75. The Morgan fingerprint density at radius 2 is 2.19 bits per heavy atom. The van der Waals surface area contributed by atoms with Gasteiger partial charge in [0.2, 0.25) is 6.08 Å². The Balaban J connectivity index is 3.53. The van der Waals surface area contributed by atoms with E-state index in [2.05, 4.69) is 41.2 Å². The van der Waals surface area contributed by atoms with Crippen LogP contribution in [-0.2, 0) is 4.79 Å². The first kappa shape index (κ1) is 17.1. The van der Waals surface area contributed by atoms with Gasteiger partial charge in [-0.25, -0.2) is 9.18 Å². The van der Waals surface area contributed by atoms with Gasteiger partial charge in [0.25, 0.3) is 5.96 Å². The van der Waals surface area contributed by atoms with Crippen LogP contribution in [0, 0.1) is 12.7 Å². The maximum Gasteiger partial charge on any atom is 0.267 e. The topological polar surface area (TPSA) is 105 Å². The van der Waals surface area contributed by atoms with Crippen LogP contribution < -0.4 is 5.84 Å². The highest BCUT2D eigenvalue weighted by Crippen LogP contribution is 2.34. The molecule has 0 spiro atoms. The zero-order valence-electron chi connectivity index (χ0n) is 10.9. The first-order chi connectivity index (χ1) is 9.96. The minimum Gasteiger partial charge on any atom is -0.304 e. The summed E-state index contributed by atoms with van der Waals surface area (Å²) in [4.78, 5) is 21.4. The van der Waals surface area contributed by atoms with E-state index < -0.39 is 5.82 Å². The van der Waals surface area contributed by atoms with Gasteiger partial charge in [-0.2, -0.15) is 9.98 Å². The molecule has 110 valence electrons. The lowest BCUT2D eigenvalue weighted by Gasteiger charge is -2.09. The number of carbonyl (C=O) groups excluding carboxylic acids is 1. The van der Waals surface area contributed by atoms with Crippen molar-refractivity contribution in [2.75, 3.05) is 7.05 Å². The van der Waals surface area contributed by atoms with E-state index in [4.69, 9.17) is 17.4 Å². The Bertz CT molecular complexity index is 696. The second-order valence-electron chi connectivity index (χ2n) is 3.53. The molecule has 7 nitrogen and oxygen atoms in total. The van der Waals surface area contributed by atoms with E-state index in [1.54, 1.807) is 0 Å². The predicted molar refractivity (Wildman–Crippen MR) is 81.4 cm³/mol. The fourth-order valence-corrected chi connectivity index (χ4v) is 2.37. The van der Waals surface area contributed by atoms with Crippen LogP contribution in [0.15, 0.2) is 35.9 Å². The molecule has 0 bridgehead atoms. The van der Waals surface area contributed by atoms with E-state index in [0.717, 1.165) is 6.07 Å². The van der Waals surface area contributed by atoms with Crippen molar-refractivity contribution in [1.82, 2.24) is 0 Å². The standard InChI is InChI=1S/C11H9BrClFN6O/c1-5-8(10(13)18-11(16-2)19-20-15)7(14)3-6(12)9(5)17-4-21/h3H,1-2H3,(H2,15,16,19). The first-order valence-corrected chi connectivity index (χ1v) is 6.52. The number of benzene rings is 1. The lowest BCUT2D eigenvalue weighted by Crippen LogP contribution is -2.04. The van der Waals surface area contributed by atoms with Crippen molar-refractivity contribution in [3.63, 3.8) is 0 Å². The van der Waals surface area contributed by atoms with E-state index in [1.165, 1.54) is 20.1 Å². The molecule has 0 saturated heterocycles. The largest absolute Gasteiger partial charge is 0.304 e. The number of nitrogens with zero attached hydrogens (tertiary/aromatic N) is 5. The van der Waals surface area contributed by atoms with Crippen LogP contribution in [0.25, 0.3) is 0 Å². The summed E-state index contributed by atoms with van der Waals surface area (Å²) in [6.07, 6.45) is 1.39. The molecule has 0 fully saturated rings. The molecule has 0 saturated carbocycles. The van der Waals surface area contributed by atoms with Gasteiger partial charge in [-0.15, -0.1) is 0 Å². The molecule has 0 radical (unpaired) electrons. The molecule has 0 atom stereocenters. The maximum atomic E-state index is 14.1. The van der Waals surface area contributed by atoms with Gasteiger partial charge in [0, 0.05) is 11.5 Å². The number of halogens is 3. The number of nitrogens with two attached hydrogens (primary N) is 1. The zero-order chi connectivity index (χ0) is 16.0. The highest BCUT2D eigenvalue weighted by molar-refractivity contribution is 9.10. The van der Waals surface area contributed by atoms with Crippen molar-refractivity contribution in [3.8, 4) is 0 Å². The van der Waals surface area contributed by atoms with Crippen LogP contribution in [0.1, 0.15) is 11.1 Å². The molecule has 0 unspecified atom stereocenters. The third-order valence-corrected chi connectivity index (χ3v) is 3.24. The number of hydrogen-bond acceptors (Lipinski definition) is 4. The van der Waals surface area contributed by atoms with Gasteiger partial charge in [0.15, 0.2) is 0 Å². The van der Waals surface area contributed by atoms with Crippen LogP contribution in [-0.4, -0.2) is 24.3 Å². The Labute approximate surface area is 132 Å². The van der Waals surface area contributed by atoms with Crippen molar-refractivity contribution in [2.24, 2.45) is 31.2 Å². The van der Waals surface area contributed by atoms with Crippen LogP contribution in [0.3, 0.4) is 0 Å². The first-order valence-electron chi connectivity index (χ1n) is 5.35. The summed E-state index contributed by atoms with van der Waals surface area (Å²) in [5, 5.41) is 6.20. The van der Waals surface area contributed by atoms with Gasteiger partial charge in [-0.3, -0.25) is 4.99 Å². The van der Waals surface area contributed by atoms with Crippen LogP contribution in [0.5, 0.6) is 0 Å². The number of guanidine groups is 1. The summed E-state index contributed by atoms with van der Waals surface area (Å²) in [7, 11) is 1.39. The van der Waals surface area contributed by atoms with Crippen LogP contribution in [0.2, 0.25) is 0 Å². The summed E-state index contributed by atoms with van der Waals surface area (Å²) in [6.45, 7) is 1.53. The van der Waals surface area contributed by atoms with Crippen LogP contribution in [0.4, 0.5) is 10.1 Å². The Morgan fingerprint density at radius 1 is 1.52 bits per heavy atom. The molecule has 1 rings (SSSR count). The fraction of sp³-hybridized carbons (Fsp3) is 0.182. The van der Waals surface area contributed by atoms with E-state index in [1.807, 2.05) is 0 Å². The smallest absolute Gasteiger partial charge is 0.267 e. The fourth-order valence-electron chi connectivity index (χ4n) is 1.48. The molecule has 2 N–H and O–H groups in total. The van der Waals surface area contributed by atoms with E-state index in [-0.39, 0.29) is 22.4 Å². The SMILES string of the molecule is CN=C(N=NN)N=C(Cl)c1c(F)cc(Br)c(N=C=O)c1C. The molecular weight excluding hydrogens is 367 g/mol. The van der Waals surface area contributed by atoms with Crippen molar-refractivity contribution in [1.29, 1.82) is 0 Å². The number of isocyanates is 1. The van der Waals surface area contributed by atoms with Gasteiger partial charge >= 0.3 is 0 Å². The average molecular weight is 376 g/mol. The summed E-state index contributed by atoms with van der Waals surface area (Å²) in [5.74, 6) is 4.10. The summed E-state index contributed by atoms with van der Waals surface area (Å²) < 4.78 is 14.4. The van der Waals surface area contributed by atoms with Gasteiger partial charge in [0.1, 0.15) is 11.0 Å². The molecular formula is C11H9BrClFN6O. The lowest BCUT2D eigenvalue weighted by molar-refractivity contribution is 0.565. The molecule has 0 amide bonds. The molecule has 0 aliphatic carbocycles. The molecule has 1 aromatic rings. The summed E-state index contributed by atoms with van der Waals surface area (Å²) in [6, 6.07) is 1.11. The van der Waals surface area contributed by atoms with Crippen molar-refractivity contribution in [3.05, 3.63) is 27.5 Å². The quantitative estimate of drug-likeness (QED) is 0.214. The molecule has 1 aromatic carbocycles. The van der Waals surface area contributed by atoms with Gasteiger partial charge in [-0.1, -0.05) is 21.9 Å². The average Bonchev–Trinajstić information content (AvgIpc) is 2.42. The summed E-state index contributed by atoms with van der Waals surface area (Å²) >= 11 is 9.08.